The summed E-state index contributed by atoms with van der Waals surface area (Å²) in [6.07, 6.45) is 2.80. The first-order chi connectivity index (χ1) is 7.17. The number of ether oxygens (including phenoxy) is 2. The molecule has 0 aromatic rings. The predicted octanol–water partition coefficient (Wildman–Crippen LogP) is 1.67. The molecule has 0 aliphatic carbocycles. The molecule has 0 amide bonds. The summed E-state index contributed by atoms with van der Waals surface area (Å²) >= 11 is 0. The maximum Gasteiger partial charge on any atom is 0.323 e. The fourth-order valence-corrected chi connectivity index (χ4v) is 1.82. The summed E-state index contributed by atoms with van der Waals surface area (Å²) in [6, 6.07) is 0. The molecule has 86 valence electrons. The van der Waals surface area contributed by atoms with Gasteiger partial charge in [-0.15, -0.1) is 0 Å². The number of carbonyl (C=O) groups excluding carboxylic acids is 2. The zero-order valence-corrected chi connectivity index (χ0v) is 9.38. The molecule has 0 N–H and O–H groups in total. The van der Waals surface area contributed by atoms with Crippen LogP contribution < -0.4 is 0 Å². The van der Waals surface area contributed by atoms with Gasteiger partial charge in [-0.25, -0.2) is 0 Å². The molecule has 1 saturated heterocycles. The van der Waals surface area contributed by atoms with E-state index in [9.17, 15) is 9.59 Å². The van der Waals surface area contributed by atoms with E-state index in [1.165, 1.54) is 0 Å². The highest BCUT2D eigenvalue weighted by Crippen LogP contribution is 2.36. The predicted molar refractivity (Wildman–Crippen MR) is 54.2 cm³/mol. The van der Waals surface area contributed by atoms with Crippen molar-refractivity contribution in [3.8, 4) is 0 Å². The van der Waals surface area contributed by atoms with Crippen molar-refractivity contribution in [2.45, 2.75) is 39.5 Å². The number of carbonyl (C=O) groups is 2. The van der Waals surface area contributed by atoms with Gasteiger partial charge in [0, 0.05) is 6.42 Å². The van der Waals surface area contributed by atoms with Crippen molar-refractivity contribution >= 4 is 11.9 Å². The smallest absolute Gasteiger partial charge is 0.323 e. The Balaban J connectivity index is 2.76. The average Bonchev–Trinajstić information content (AvgIpc) is 2.58. The van der Waals surface area contributed by atoms with E-state index in [-0.39, 0.29) is 0 Å². The second kappa shape index (κ2) is 5.14. The third kappa shape index (κ3) is 2.30. The highest BCUT2D eigenvalue weighted by molar-refractivity contribution is 6.01. The maximum absolute atomic E-state index is 11.8. The molecule has 1 rings (SSSR count). The van der Waals surface area contributed by atoms with E-state index in [4.69, 9.17) is 9.47 Å². The number of cyclic esters (lactones) is 1. The van der Waals surface area contributed by atoms with Gasteiger partial charge in [-0.2, -0.15) is 0 Å². The van der Waals surface area contributed by atoms with E-state index < -0.39 is 17.4 Å². The second-order valence-electron chi connectivity index (χ2n) is 3.79. The van der Waals surface area contributed by atoms with Gasteiger partial charge in [-0.05, 0) is 13.3 Å². The first kappa shape index (κ1) is 12.0. The maximum atomic E-state index is 11.8. The van der Waals surface area contributed by atoms with E-state index in [1.807, 2.05) is 6.92 Å². The Morgan fingerprint density at radius 3 is 2.73 bits per heavy atom. The Morgan fingerprint density at radius 1 is 1.53 bits per heavy atom. The molecular formula is C11H18O4. The minimum atomic E-state index is -1.01. The van der Waals surface area contributed by atoms with Crippen LogP contribution in [0.15, 0.2) is 0 Å². The monoisotopic (exact) mass is 214 g/mol. The molecule has 0 bridgehead atoms. The molecule has 4 nitrogen and oxygen atoms in total. The molecule has 1 aliphatic heterocycles. The highest BCUT2D eigenvalue weighted by Gasteiger charge is 2.51. The number of hydrogen-bond acceptors (Lipinski definition) is 4. The van der Waals surface area contributed by atoms with E-state index in [0.29, 0.717) is 26.1 Å². The third-order valence-corrected chi connectivity index (χ3v) is 2.78. The van der Waals surface area contributed by atoms with Crippen LogP contribution in [0.1, 0.15) is 39.5 Å². The lowest BCUT2D eigenvalue weighted by molar-refractivity contribution is -0.165. The van der Waals surface area contributed by atoms with Crippen LogP contribution in [0.25, 0.3) is 0 Å². The molecule has 0 aromatic carbocycles. The van der Waals surface area contributed by atoms with Crippen LogP contribution in [0.2, 0.25) is 0 Å². The van der Waals surface area contributed by atoms with Crippen LogP contribution in [-0.4, -0.2) is 25.2 Å². The standard InChI is InChI=1S/C11H18O4/c1-3-5-6-11(9(12)14-4-2)7-8-15-10(11)13/h3-8H2,1-2H3/t11-/m1/s1. The molecule has 0 unspecified atom stereocenters. The summed E-state index contributed by atoms with van der Waals surface area (Å²) in [5, 5.41) is 0. The molecular weight excluding hydrogens is 196 g/mol. The Kier molecular flexibility index (Phi) is 4.12. The molecule has 0 saturated carbocycles. The molecule has 0 aromatic heterocycles. The fourth-order valence-electron chi connectivity index (χ4n) is 1.82. The topological polar surface area (TPSA) is 52.6 Å². The first-order valence-corrected chi connectivity index (χ1v) is 5.52. The number of esters is 2. The number of unbranched alkanes of at least 4 members (excludes halogenated alkanes) is 1. The van der Waals surface area contributed by atoms with Crippen LogP contribution in [0.5, 0.6) is 0 Å². The van der Waals surface area contributed by atoms with Gasteiger partial charge in [0.25, 0.3) is 0 Å². The van der Waals surface area contributed by atoms with Gasteiger partial charge in [0.05, 0.1) is 13.2 Å². The lowest BCUT2D eigenvalue weighted by Gasteiger charge is -2.21. The molecule has 1 heterocycles. The molecule has 1 atom stereocenters. The summed E-state index contributed by atoms with van der Waals surface area (Å²) in [6.45, 7) is 4.41. The summed E-state index contributed by atoms with van der Waals surface area (Å²) in [4.78, 5) is 23.4. The van der Waals surface area contributed by atoms with Gasteiger partial charge >= 0.3 is 11.9 Å². The van der Waals surface area contributed by atoms with Gasteiger partial charge < -0.3 is 9.47 Å². The minimum absolute atomic E-state index is 0.306. The molecule has 1 aliphatic rings. The highest BCUT2D eigenvalue weighted by atomic mass is 16.6. The Morgan fingerprint density at radius 2 is 2.27 bits per heavy atom. The van der Waals surface area contributed by atoms with Gasteiger partial charge in [0.15, 0.2) is 5.41 Å². The van der Waals surface area contributed by atoms with Crippen LogP contribution in [0, 0.1) is 5.41 Å². The van der Waals surface area contributed by atoms with Crippen molar-refractivity contribution in [2.75, 3.05) is 13.2 Å². The normalized spacial score (nSPS) is 25.1. The van der Waals surface area contributed by atoms with Crippen LogP contribution in [0.3, 0.4) is 0 Å². The summed E-state index contributed by atoms with van der Waals surface area (Å²) < 4.78 is 9.85. The number of hydrogen-bond donors (Lipinski definition) is 0. The molecule has 4 heteroatoms. The zero-order valence-electron chi connectivity index (χ0n) is 9.38. The van der Waals surface area contributed by atoms with Crippen molar-refractivity contribution in [3.63, 3.8) is 0 Å². The summed E-state index contributed by atoms with van der Waals surface area (Å²) in [5.41, 5.74) is -1.01. The van der Waals surface area contributed by atoms with Crippen molar-refractivity contribution in [3.05, 3.63) is 0 Å². The van der Waals surface area contributed by atoms with Crippen LogP contribution in [0.4, 0.5) is 0 Å². The van der Waals surface area contributed by atoms with E-state index in [1.54, 1.807) is 6.92 Å². The van der Waals surface area contributed by atoms with Crippen molar-refractivity contribution < 1.29 is 19.1 Å². The van der Waals surface area contributed by atoms with Crippen molar-refractivity contribution in [2.24, 2.45) is 5.41 Å². The molecule has 0 radical (unpaired) electrons. The number of rotatable bonds is 5. The van der Waals surface area contributed by atoms with Crippen molar-refractivity contribution in [1.29, 1.82) is 0 Å². The zero-order chi connectivity index (χ0) is 11.3. The van der Waals surface area contributed by atoms with Crippen LogP contribution >= 0.6 is 0 Å². The SMILES string of the molecule is CCCC[C@]1(C(=O)OCC)CCOC1=O. The van der Waals surface area contributed by atoms with Crippen molar-refractivity contribution in [1.82, 2.24) is 0 Å². The van der Waals surface area contributed by atoms with E-state index in [0.717, 1.165) is 12.8 Å². The first-order valence-electron chi connectivity index (χ1n) is 5.52. The quantitative estimate of drug-likeness (QED) is 0.516. The van der Waals surface area contributed by atoms with Gasteiger partial charge in [-0.1, -0.05) is 19.8 Å². The Bertz CT molecular complexity index is 249. The van der Waals surface area contributed by atoms with Crippen LogP contribution in [-0.2, 0) is 19.1 Å². The average molecular weight is 214 g/mol. The van der Waals surface area contributed by atoms with Gasteiger partial charge in [-0.3, -0.25) is 9.59 Å². The second-order valence-corrected chi connectivity index (χ2v) is 3.79. The fraction of sp³-hybridized carbons (Fsp3) is 0.818. The molecule has 15 heavy (non-hydrogen) atoms. The van der Waals surface area contributed by atoms with E-state index in [2.05, 4.69) is 0 Å². The third-order valence-electron chi connectivity index (χ3n) is 2.78. The summed E-state index contributed by atoms with van der Waals surface area (Å²) in [5.74, 6) is -0.824. The minimum Gasteiger partial charge on any atom is -0.465 e. The Hall–Kier alpha value is -1.06. The molecule has 0 spiro atoms. The summed E-state index contributed by atoms with van der Waals surface area (Å²) in [7, 11) is 0. The molecule has 1 fully saturated rings. The van der Waals surface area contributed by atoms with Gasteiger partial charge in [0.1, 0.15) is 0 Å². The lowest BCUT2D eigenvalue weighted by atomic mass is 9.81. The Labute approximate surface area is 89.9 Å². The van der Waals surface area contributed by atoms with Gasteiger partial charge in [0.2, 0.25) is 0 Å². The lowest BCUT2D eigenvalue weighted by Crippen LogP contribution is -2.37. The van der Waals surface area contributed by atoms with E-state index >= 15 is 0 Å². The largest absolute Gasteiger partial charge is 0.465 e.